The molecule has 0 unspecified atom stereocenters. The minimum absolute atomic E-state index is 0.000477. The second kappa shape index (κ2) is 8.56. The number of sulfonamides is 1. The van der Waals surface area contributed by atoms with E-state index in [2.05, 4.69) is 10.1 Å². The minimum Gasteiger partial charge on any atom is -0.468 e. The van der Waals surface area contributed by atoms with Gasteiger partial charge in [0, 0.05) is 19.3 Å². The molecule has 0 amide bonds. The number of methoxy groups -OCH3 is 1. The average Bonchev–Trinajstić information content (AvgIpc) is 3.28. The van der Waals surface area contributed by atoms with Crippen molar-refractivity contribution >= 4 is 22.1 Å². The van der Waals surface area contributed by atoms with Gasteiger partial charge in [-0.3, -0.25) is 9.78 Å². The number of halogens is 3. The Morgan fingerprint density at radius 3 is 2.67 bits per heavy atom. The molecule has 2 aliphatic rings. The number of esters is 1. The maximum atomic E-state index is 13.4. The van der Waals surface area contributed by atoms with Gasteiger partial charge >= 0.3 is 12.1 Å². The molecule has 0 saturated carbocycles. The maximum Gasteiger partial charge on any atom is 0.416 e. The molecule has 0 bridgehead atoms. The van der Waals surface area contributed by atoms with Crippen molar-refractivity contribution in [3.05, 3.63) is 77.4 Å². The van der Waals surface area contributed by atoms with Crippen LogP contribution in [0.25, 0.3) is 11.8 Å². The molecule has 0 radical (unpaired) electrons. The summed E-state index contributed by atoms with van der Waals surface area (Å²) in [5, 5.41) is 4.43. The molecule has 1 atom stereocenters. The molecule has 188 valence electrons. The number of ether oxygens (including phenoxy) is 1. The summed E-state index contributed by atoms with van der Waals surface area (Å²) >= 11 is 0. The van der Waals surface area contributed by atoms with Crippen LogP contribution in [0.3, 0.4) is 0 Å². The van der Waals surface area contributed by atoms with Crippen LogP contribution in [0.15, 0.2) is 65.5 Å². The SMILES string of the molecule is COC(=O)[C@]12Cc3cnn(-c4cccnc4)c3C=C1CCN(S(=O)(=O)c1cccc(C(F)(F)F)c1)C2. The Morgan fingerprint density at radius 2 is 1.97 bits per heavy atom. The first-order valence-electron chi connectivity index (χ1n) is 11.0. The fourth-order valence-corrected chi connectivity index (χ4v) is 6.40. The Bertz CT molecular complexity index is 1470. The summed E-state index contributed by atoms with van der Waals surface area (Å²) < 4.78 is 74.3. The Labute approximate surface area is 205 Å². The molecule has 5 rings (SSSR count). The number of rotatable bonds is 4. The van der Waals surface area contributed by atoms with Gasteiger partial charge in [0.1, 0.15) is 5.41 Å². The van der Waals surface area contributed by atoms with E-state index >= 15 is 0 Å². The first-order valence-corrected chi connectivity index (χ1v) is 12.4. The summed E-state index contributed by atoms with van der Waals surface area (Å²) in [6.45, 7) is -0.263. The molecule has 3 heterocycles. The minimum atomic E-state index is -4.69. The number of pyridine rings is 1. The number of fused-ring (bicyclic) bond motifs is 2. The van der Waals surface area contributed by atoms with E-state index in [1.54, 1.807) is 29.3 Å². The van der Waals surface area contributed by atoms with Crippen LogP contribution < -0.4 is 0 Å². The number of aromatic nitrogens is 3. The molecule has 3 aromatic rings. The van der Waals surface area contributed by atoms with Crippen LogP contribution in [0.5, 0.6) is 0 Å². The zero-order chi connectivity index (χ0) is 25.7. The predicted octanol–water partition coefficient (Wildman–Crippen LogP) is 3.48. The zero-order valence-corrected chi connectivity index (χ0v) is 19.9. The van der Waals surface area contributed by atoms with E-state index in [0.29, 0.717) is 17.2 Å². The molecular formula is C24H21F3N4O4S. The monoisotopic (exact) mass is 518 g/mol. The van der Waals surface area contributed by atoms with Crippen molar-refractivity contribution in [2.45, 2.75) is 23.9 Å². The van der Waals surface area contributed by atoms with Gasteiger partial charge in [0.15, 0.2) is 0 Å². The molecule has 12 heteroatoms. The van der Waals surface area contributed by atoms with Crippen molar-refractivity contribution in [1.29, 1.82) is 0 Å². The Balaban J connectivity index is 1.54. The van der Waals surface area contributed by atoms with Crippen LogP contribution in [0.1, 0.15) is 23.2 Å². The van der Waals surface area contributed by atoms with Crippen LogP contribution in [-0.2, 0) is 32.2 Å². The third kappa shape index (κ3) is 3.90. The van der Waals surface area contributed by atoms with Crippen molar-refractivity contribution in [3.63, 3.8) is 0 Å². The number of carbonyl (C=O) groups excluding carboxylic acids is 1. The normalized spacial score (nSPS) is 20.3. The Hall–Kier alpha value is -3.51. The smallest absolute Gasteiger partial charge is 0.416 e. The van der Waals surface area contributed by atoms with Crippen molar-refractivity contribution < 1.29 is 31.1 Å². The van der Waals surface area contributed by atoms with Crippen molar-refractivity contribution in [1.82, 2.24) is 19.1 Å². The molecule has 2 aromatic heterocycles. The van der Waals surface area contributed by atoms with Gasteiger partial charge in [-0.05, 0) is 60.4 Å². The summed E-state index contributed by atoms with van der Waals surface area (Å²) in [5.41, 5.74) is 0.498. The van der Waals surface area contributed by atoms with E-state index in [4.69, 9.17) is 4.74 Å². The summed E-state index contributed by atoms with van der Waals surface area (Å²) in [7, 11) is -3.10. The molecule has 0 N–H and O–H groups in total. The van der Waals surface area contributed by atoms with E-state index < -0.39 is 38.0 Å². The summed E-state index contributed by atoms with van der Waals surface area (Å²) in [4.78, 5) is 16.8. The zero-order valence-electron chi connectivity index (χ0n) is 19.1. The number of piperidine rings is 1. The number of hydrogen-bond donors (Lipinski definition) is 0. The van der Waals surface area contributed by atoms with E-state index in [9.17, 15) is 26.4 Å². The van der Waals surface area contributed by atoms with Crippen LogP contribution in [0.4, 0.5) is 13.2 Å². The Kier molecular flexibility index (Phi) is 5.75. The molecule has 8 nitrogen and oxygen atoms in total. The van der Waals surface area contributed by atoms with Crippen LogP contribution in [0.2, 0.25) is 0 Å². The van der Waals surface area contributed by atoms with E-state index in [1.807, 2.05) is 12.1 Å². The van der Waals surface area contributed by atoms with Gasteiger partial charge < -0.3 is 4.74 Å². The summed E-state index contributed by atoms with van der Waals surface area (Å²) in [6, 6.07) is 7.22. The van der Waals surface area contributed by atoms with Gasteiger partial charge in [0.25, 0.3) is 0 Å². The van der Waals surface area contributed by atoms with Gasteiger partial charge in [-0.1, -0.05) is 6.07 Å². The lowest BCUT2D eigenvalue weighted by atomic mass is 9.69. The third-order valence-corrected chi connectivity index (χ3v) is 8.49. The maximum absolute atomic E-state index is 13.4. The van der Waals surface area contributed by atoms with Crippen molar-refractivity contribution in [2.24, 2.45) is 5.41 Å². The standard InChI is InChI=1S/C24H21F3N4O4S/c1-35-22(32)23-12-16-13-29-31(19-5-3-8-28-14-19)21(16)11-17(23)7-9-30(15-23)36(33,34)20-6-2-4-18(10-20)24(25,26)27/h2-6,8,10-11,13-14H,7,9,12,15H2,1H3/t23-/m0/s1. The molecule has 1 aliphatic carbocycles. The quantitative estimate of drug-likeness (QED) is 0.491. The van der Waals surface area contributed by atoms with Gasteiger partial charge in [-0.15, -0.1) is 0 Å². The van der Waals surface area contributed by atoms with Gasteiger partial charge in [-0.25, -0.2) is 13.1 Å². The highest BCUT2D eigenvalue weighted by molar-refractivity contribution is 7.89. The molecule has 36 heavy (non-hydrogen) atoms. The predicted molar refractivity (Wildman–Crippen MR) is 122 cm³/mol. The van der Waals surface area contributed by atoms with E-state index in [0.717, 1.165) is 33.9 Å². The van der Waals surface area contributed by atoms with Crippen LogP contribution >= 0.6 is 0 Å². The number of alkyl halides is 3. The molecule has 1 aliphatic heterocycles. The highest BCUT2D eigenvalue weighted by Crippen LogP contribution is 2.46. The lowest BCUT2D eigenvalue weighted by Crippen LogP contribution is -2.53. The van der Waals surface area contributed by atoms with E-state index in [-0.39, 0.29) is 25.9 Å². The van der Waals surface area contributed by atoms with Gasteiger partial charge in [0.2, 0.25) is 10.0 Å². The highest BCUT2D eigenvalue weighted by atomic mass is 32.2. The van der Waals surface area contributed by atoms with Gasteiger partial charge in [0.05, 0.1) is 41.3 Å². The topological polar surface area (TPSA) is 94.4 Å². The molecule has 0 spiro atoms. The lowest BCUT2D eigenvalue weighted by molar-refractivity contribution is -0.151. The number of nitrogens with zero attached hydrogens (tertiary/aromatic N) is 4. The average molecular weight is 519 g/mol. The molecule has 1 aromatic carbocycles. The second-order valence-corrected chi connectivity index (χ2v) is 10.7. The molecule has 1 fully saturated rings. The van der Waals surface area contributed by atoms with Gasteiger partial charge in [-0.2, -0.15) is 22.6 Å². The molecular weight excluding hydrogens is 497 g/mol. The summed E-state index contributed by atoms with van der Waals surface area (Å²) in [5.74, 6) is -0.613. The summed E-state index contributed by atoms with van der Waals surface area (Å²) in [6.07, 6.45) is 2.37. The fourth-order valence-electron chi connectivity index (χ4n) is 4.85. The number of carbonyl (C=O) groups is 1. The van der Waals surface area contributed by atoms with Crippen LogP contribution in [0, 0.1) is 5.41 Å². The first-order chi connectivity index (χ1) is 17.1. The van der Waals surface area contributed by atoms with E-state index in [1.165, 1.54) is 7.11 Å². The Morgan fingerprint density at radius 1 is 1.17 bits per heavy atom. The largest absolute Gasteiger partial charge is 0.468 e. The highest BCUT2D eigenvalue weighted by Gasteiger charge is 2.52. The third-order valence-electron chi connectivity index (χ3n) is 6.65. The number of hydrogen-bond acceptors (Lipinski definition) is 6. The van der Waals surface area contributed by atoms with Crippen molar-refractivity contribution in [3.8, 4) is 5.69 Å². The lowest BCUT2D eigenvalue weighted by Gasteiger charge is -2.43. The fraction of sp³-hybridized carbons (Fsp3) is 0.292. The number of benzene rings is 1. The van der Waals surface area contributed by atoms with Crippen molar-refractivity contribution in [2.75, 3.05) is 20.2 Å². The molecule has 1 saturated heterocycles. The first kappa shape index (κ1) is 24.2. The second-order valence-electron chi connectivity index (χ2n) is 8.71. The van der Waals surface area contributed by atoms with Crippen LogP contribution in [-0.4, -0.2) is 53.7 Å².